The van der Waals surface area contributed by atoms with Crippen molar-refractivity contribution >= 4 is 0 Å². The van der Waals surface area contributed by atoms with Gasteiger partial charge in [0.1, 0.15) is 12.1 Å². The van der Waals surface area contributed by atoms with E-state index in [0.717, 1.165) is 0 Å². The molecule has 0 bridgehead atoms. The van der Waals surface area contributed by atoms with Crippen LogP contribution in [0.25, 0.3) is 0 Å². The van der Waals surface area contributed by atoms with E-state index >= 15 is 0 Å². The van der Waals surface area contributed by atoms with Crippen LogP contribution in [0.3, 0.4) is 0 Å². The number of nitrogens with two attached hydrogens (primary N) is 1. The molecule has 0 aromatic rings. The maximum absolute atomic E-state index is 9.38. The van der Waals surface area contributed by atoms with Crippen LogP contribution in [0.1, 0.15) is 27.7 Å². The highest BCUT2D eigenvalue weighted by Crippen LogP contribution is 2.06. The van der Waals surface area contributed by atoms with Crippen LogP contribution in [0.2, 0.25) is 0 Å². The quantitative estimate of drug-likeness (QED) is 0.334. The third-order valence-corrected chi connectivity index (χ3v) is 1.65. The Morgan fingerprint density at radius 1 is 1.11 bits per heavy atom. The van der Waals surface area contributed by atoms with Crippen LogP contribution in [0.15, 0.2) is 0 Å². The molecule has 0 saturated carbocycles. The predicted octanol–water partition coefficient (Wildman–Crippen LogP) is 0.883. The van der Waals surface area contributed by atoms with Gasteiger partial charge in [-0.1, -0.05) is 0 Å². The second-order valence-electron chi connectivity index (χ2n) is 2.98. The number of rotatable bonds is 2. The summed E-state index contributed by atoms with van der Waals surface area (Å²) in [6.07, 6.45) is 0. The zero-order valence-corrected chi connectivity index (χ0v) is 6.63. The van der Waals surface area contributed by atoms with Crippen molar-refractivity contribution in [2.75, 3.05) is 0 Å². The molecule has 0 atom stereocenters. The van der Waals surface area contributed by atoms with Gasteiger partial charge >= 0.3 is 0 Å². The molecule has 9 heavy (non-hydrogen) atoms. The van der Waals surface area contributed by atoms with Crippen molar-refractivity contribution in [1.29, 1.82) is 0 Å². The van der Waals surface area contributed by atoms with Crippen LogP contribution < -0.4 is 5.84 Å². The molecular weight excluding hydrogens is 116 g/mol. The van der Waals surface area contributed by atoms with Crippen LogP contribution in [0.4, 0.5) is 0 Å². The van der Waals surface area contributed by atoms with Gasteiger partial charge in [-0.05, 0) is 27.7 Å². The Kier molecular flexibility index (Phi) is 2.61. The van der Waals surface area contributed by atoms with Crippen LogP contribution >= 0.6 is 0 Å². The zero-order chi connectivity index (χ0) is 7.65. The first-order valence-electron chi connectivity index (χ1n) is 3.28. The summed E-state index contributed by atoms with van der Waals surface area (Å²) in [4.78, 5) is 0. The summed E-state index contributed by atoms with van der Waals surface area (Å²) in [6, 6.07) is 0.120. The Bertz CT molecular complexity index is 79.1. The third-order valence-electron chi connectivity index (χ3n) is 1.65. The van der Waals surface area contributed by atoms with Crippen molar-refractivity contribution < 1.29 is 9.96 Å². The average Bonchev–Trinajstić information content (AvgIpc) is 1.65. The summed E-state index contributed by atoms with van der Waals surface area (Å²) in [5, 5.41) is 9.38. The molecule has 3 N–H and O–H groups in total. The molecule has 3 heteroatoms. The van der Waals surface area contributed by atoms with Gasteiger partial charge in [-0.3, -0.25) is 0 Å². The Hall–Kier alpha value is -0.120. The van der Waals surface area contributed by atoms with Gasteiger partial charge in [0.25, 0.3) is 0 Å². The van der Waals surface area contributed by atoms with Gasteiger partial charge in [0.05, 0.1) is 0 Å². The molecule has 0 aliphatic heterocycles. The molecule has 0 aliphatic carbocycles. The lowest BCUT2D eigenvalue weighted by Gasteiger charge is -2.31. The third kappa shape index (κ3) is 1.93. The SMILES string of the molecule is CC(C)[N+](N)(O)C(C)C. The summed E-state index contributed by atoms with van der Waals surface area (Å²) in [7, 11) is 0. The number of hydrogen-bond acceptors (Lipinski definition) is 2. The Balaban J connectivity index is 4.01. The van der Waals surface area contributed by atoms with Crippen molar-refractivity contribution in [2.45, 2.75) is 39.8 Å². The molecule has 0 rings (SSSR count). The molecule has 0 radical (unpaired) electrons. The van der Waals surface area contributed by atoms with Gasteiger partial charge in [0, 0.05) is 0 Å². The summed E-state index contributed by atoms with van der Waals surface area (Å²) in [6.45, 7) is 7.56. The maximum Gasteiger partial charge on any atom is 0.133 e. The smallest absolute Gasteiger partial charge is 0.133 e. The normalized spacial score (nSPS) is 13.3. The van der Waals surface area contributed by atoms with Crippen molar-refractivity contribution in [3.63, 3.8) is 0 Å². The van der Waals surface area contributed by atoms with Crippen molar-refractivity contribution in [1.82, 2.24) is 0 Å². The van der Waals surface area contributed by atoms with Gasteiger partial charge in [-0.25, -0.2) is 0 Å². The highest BCUT2D eigenvalue weighted by atomic mass is 16.6. The highest BCUT2D eigenvalue weighted by molar-refractivity contribution is 4.39. The number of hydroxylamine groups is 2. The van der Waals surface area contributed by atoms with Gasteiger partial charge in [-0.2, -0.15) is 5.21 Å². The fourth-order valence-electron chi connectivity index (χ4n) is 0.596. The van der Waals surface area contributed by atoms with E-state index in [9.17, 15) is 5.21 Å². The van der Waals surface area contributed by atoms with Gasteiger partial charge in [0.15, 0.2) is 0 Å². The summed E-state index contributed by atoms with van der Waals surface area (Å²) >= 11 is 0. The molecule has 0 unspecified atom stereocenters. The van der Waals surface area contributed by atoms with Crippen LogP contribution in [0, 0.1) is 0 Å². The molecular formula is C6H17N2O+. The molecule has 0 spiro atoms. The van der Waals surface area contributed by atoms with E-state index < -0.39 is 0 Å². The molecule has 0 amide bonds. The first-order valence-corrected chi connectivity index (χ1v) is 3.28. The monoisotopic (exact) mass is 133 g/mol. The van der Waals surface area contributed by atoms with Gasteiger partial charge in [-0.15, -0.1) is 10.6 Å². The minimum atomic E-state index is -0.389. The second-order valence-corrected chi connectivity index (χ2v) is 2.98. The number of quaternary nitrogens is 1. The first kappa shape index (κ1) is 8.88. The van der Waals surface area contributed by atoms with Crippen LogP contribution in [-0.4, -0.2) is 22.0 Å². The largest absolute Gasteiger partial charge is 0.196 e. The molecule has 0 aromatic heterocycles. The lowest BCUT2D eigenvalue weighted by Crippen LogP contribution is -2.60. The second kappa shape index (κ2) is 2.64. The van der Waals surface area contributed by atoms with Crippen molar-refractivity contribution in [2.24, 2.45) is 5.84 Å². The van der Waals surface area contributed by atoms with Crippen molar-refractivity contribution in [3.8, 4) is 0 Å². The lowest BCUT2D eigenvalue weighted by molar-refractivity contribution is -1.14. The maximum atomic E-state index is 9.38. The van der Waals surface area contributed by atoms with E-state index in [1.807, 2.05) is 27.7 Å². The lowest BCUT2D eigenvalue weighted by atomic mass is 10.3. The molecule has 3 nitrogen and oxygen atoms in total. The molecule has 0 saturated heterocycles. The van der Waals surface area contributed by atoms with E-state index in [0.29, 0.717) is 0 Å². The fourth-order valence-corrected chi connectivity index (χ4v) is 0.596. The summed E-state index contributed by atoms with van der Waals surface area (Å²) in [5.74, 6) is 5.50. The average molecular weight is 133 g/mol. The minimum Gasteiger partial charge on any atom is -0.196 e. The topological polar surface area (TPSA) is 46.2 Å². The molecule has 0 heterocycles. The minimum absolute atomic E-state index is 0.0602. The number of nitrogens with zero attached hydrogens (tertiary/aromatic N) is 1. The van der Waals surface area contributed by atoms with E-state index in [1.165, 1.54) is 0 Å². The standard InChI is InChI=1S/C6H17N2O/c1-5(2)8(7,9)6(3)4/h5-6,9H,7H2,1-4H3/q+1. The summed E-state index contributed by atoms with van der Waals surface area (Å²) in [5.41, 5.74) is 0. The first-order chi connectivity index (χ1) is 3.89. The fraction of sp³-hybridized carbons (Fsp3) is 1.00. The van der Waals surface area contributed by atoms with E-state index in [4.69, 9.17) is 5.84 Å². The predicted molar refractivity (Wildman–Crippen MR) is 36.5 cm³/mol. The molecule has 0 aliphatic rings. The molecule has 0 fully saturated rings. The Labute approximate surface area is 56.6 Å². The Morgan fingerprint density at radius 3 is 1.33 bits per heavy atom. The Morgan fingerprint density at radius 2 is 1.33 bits per heavy atom. The molecule has 0 aromatic carbocycles. The number of hydrogen-bond donors (Lipinski definition) is 2. The highest BCUT2D eigenvalue weighted by Gasteiger charge is 2.28. The van der Waals surface area contributed by atoms with Crippen LogP contribution in [0.5, 0.6) is 0 Å². The van der Waals surface area contributed by atoms with Crippen molar-refractivity contribution in [3.05, 3.63) is 0 Å². The molecule has 56 valence electrons. The van der Waals surface area contributed by atoms with Gasteiger partial charge in [0.2, 0.25) is 0 Å². The summed E-state index contributed by atoms with van der Waals surface area (Å²) < 4.78 is -0.389. The zero-order valence-electron chi connectivity index (χ0n) is 6.63. The van der Waals surface area contributed by atoms with Gasteiger partial charge < -0.3 is 0 Å². The van der Waals surface area contributed by atoms with E-state index in [-0.39, 0.29) is 16.8 Å². The van der Waals surface area contributed by atoms with E-state index in [1.54, 1.807) is 0 Å². The van der Waals surface area contributed by atoms with Crippen LogP contribution in [-0.2, 0) is 0 Å². The van der Waals surface area contributed by atoms with E-state index in [2.05, 4.69) is 0 Å².